The van der Waals surface area contributed by atoms with Crippen molar-refractivity contribution in [2.24, 2.45) is 0 Å². The molecule has 3 aromatic heterocycles. The summed E-state index contributed by atoms with van der Waals surface area (Å²) in [4.78, 5) is 13.0. The molecule has 0 atom stereocenters. The van der Waals surface area contributed by atoms with E-state index in [1.54, 1.807) is 31.5 Å². The molecule has 0 saturated heterocycles. The Morgan fingerprint density at radius 2 is 1.91 bits per heavy atom. The van der Waals surface area contributed by atoms with Crippen LogP contribution in [0.25, 0.3) is 11.4 Å². The fourth-order valence-electron chi connectivity index (χ4n) is 2.03. The predicted molar refractivity (Wildman–Crippen MR) is 85.0 cm³/mol. The second-order valence-corrected chi connectivity index (χ2v) is 5.24. The molecule has 3 aromatic rings. The Bertz CT molecular complexity index is 851. The van der Waals surface area contributed by atoms with Gasteiger partial charge >= 0.3 is 0 Å². The SMILES string of the molecule is Cc1nc(-c2cccnc2)nc(Oc2ccc(C)[n+]([O-])c2)c1C. The number of nitrogens with zero attached hydrogens (tertiary/aromatic N) is 4. The normalized spacial score (nSPS) is 10.6. The van der Waals surface area contributed by atoms with Crippen LogP contribution in [0.4, 0.5) is 0 Å². The van der Waals surface area contributed by atoms with Gasteiger partial charge in [0.15, 0.2) is 17.3 Å². The molecule has 0 aromatic carbocycles. The number of rotatable bonds is 3. The topological polar surface area (TPSA) is 74.8 Å². The molecule has 0 amide bonds. The Hall–Kier alpha value is -3.02. The third-order valence-electron chi connectivity index (χ3n) is 3.56. The molecule has 0 radical (unpaired) electrons. The Kier molecular flexibility index (Phi) is 3.89. The van der Waals surface area contributed by atoms with E-state index in [2.05, 4.69) is 15.0 Å². The number of hydrogen-bond donors (Lipinski definition) is 0. The largest absolute Gasteiger partial charge is 0.618 e. The summed E-state index contributed by atoms with van der Waals surface area (Å²) in [6.45, 7) is 5.52. The van der Waals surface area contributed by atoms with Gasteiger partial charge in [0.25, 0.3) is 0 Å². The first-order chi connectivity index (χ1) is 11.0. The Morgan fingerprint density at radius 1 is 1.09 bits per heavy atom. The second-order valence-electron chi connectivity index (χ2n) is 5.24. The van der Waals surface area contributed by atoms with Gasteiger partial charge in [0.2, 0.25) is 12.1 Å². The lowest BCUT2D eigenvalue weighted by molar-refractivity contribution is -0.612. The minimum Gasteiger partial charge on any atom is -0.618 e. The highest BCUT2D eigenvalue weighted by Crippen LogP contribution is 2.26. The van der Waals surface area contributed by atoms with Crippen molar-refractivity contribution in [2.45, 2.75) is 20.8 Å². The molecule has 6 heteroatoms. The molecule has 23 heavy (non-hydrogen) atoms. The maximum absolute atomic E-state index is 11.7. The summed E-state index contributed by atoms with van der Waals surface area (Å²) in [6.07, 6.45) is 4.78. The number of hydrogen-bond acceptors (Lipinski definition) is 5. The van der Waals surface area contributed by atoms with Crippen molar-refractivity contribution in [3.8, 4) is 23.0 Å². The van der Waals surface area contributed by atoms with Crippen LogP contribution < -0.4 is 9.47 Å². The van der Waals surface area contributed by atoms with Crippen molar-refractivity contribution in [3.63, 3.8) is 0 Å². The molecule has 0 unspecified atom stereocenters. The van der Waals surface area contributed by atoms with Crippen LogP contribution in [-0.4, -0.2) is 15.0 Å². The van der Waals surface area contributed by atoms with E-state index >= 15 is 0 Å². The zero-order valence-electron chi connectivity index (χ0n) is 13.1. The summed E-state index contributed by atoms with van der Waals surface area (Å²) in [7, 11) is 0. The Morgan fingerprint density at radius 3 is 2.61 bits per heavy atom. The van der Waals surface area contributed by atoms with Crippen LogP contribution in [0.5, 0.6) is 11.6 Å². The molecule has 0 bridgehead atoms. The summed E-state index contributed by atoms with van der Waals surface area (Å²) in [6, 6.07) is 7.16. The number of aryl methyl sites for hydroxylation is 2. The van der Waals surface area contributed by atoms with Crippen LogP contribution in [0.1, 0.15) is 17.0 Å². The van der Waals surface area contributed by atoms with E-state index in [4.69, 9.17) is 4.74 Å². The average molecular weight is 308 g/mol. The smallest absolute Gasteiger partial charge is 0.226 e. The molecule has 3 heterocycles. The molecule has 0 aliphatic rings. The van der Waals surface area contributed by atoms with E-state index in [0.717, 1.165) is 21.6 Å². The second kappa shape index (κ2) is 6.00. The molecule has 0 fully saturated rings. The van der Waals surface area contributed by atoms with E-state index in [9.17, 15) is 5.21 Å². The van der Waals surface area contributed by atoms with E-state index in [1.807, 2.05) is 26.0 Å². The Labute approximate surface area is 134 Å². The molecule has 0 aliphatic heterocycles. The Balaban J connectivity index is 2.01. The van der Waals surface area contributed by atoms with Gasteiger partial charge in [-0.3, -0.25) is 4.98 Å². The molecule has 0 spiro atoms. The average Bonchev–Trinajstić information content (AvgIpc) is 2.56. The fourth-order valence-corrected chi connectivity index (χ4v) is 2.03. The zero-order chi connectivity index (χ0) is 16.4. The highest BCUT2D eigenvalue weighted by Gasteiger charge is 2.13. The first-order valence-corrected chi connectivity index (χ1v) is 7.18. The van der Waals surface area contributed by atoms with Crippen molar-refractivity contribution in [1.82, 2.24) is 15.0 Å². The van der Waals surface area contributed by atoms with Crippen LogP contribution >= 0.6 is 0 Å². The van der Waals surface area contributed by atoms with Gasteiger partial charge in [-0.2, -0.15) is 9.71 Å². The minimum atomic E-state index is 0.431. The third-order valence-corrected chi connectivity index (χ3v) is 3.56. The van der Waals surface area contributed by atoms with Gasteiger partial charge in [-0.15, -0.1) is 0 Å². The standard InChI is InChI=1S/C17H16N4O2/c1-11-6-7-15(10-21(11)22)23-17-12(2)13(3)19-16(20-17)14-5-4-8-18-9-14/h4-10H,1-3H3. The minimum absolute atomic E-state index is 0.431. The lowest BCUT2D eigenvalue weighted by Crippen LogP contribution is -2.28. The predicted octanol–water partition coefficient (Wildman–Crippen LogP) is 2.89. The molecule has 6 nitrogen and oxygen atoms in total. The van der Waals surface area contributed by atoms with E-state index < -0.39 is 0 Å². The lowest BCUT2D eigenvalue weighted by atomic mass is 10.2. The van der Waals surface area contributed by atoms with E-state index in [1.165, 1.54) is 6.20 Å². The van der Waals surface area contributed by atoms with Crippen molar-refractivity contribution >= 4 is 0 Å². The summed E-state index contributed by atoms with van der Waals surface area (Å²) in [5.41, 5.74) is 3.05. The van der Waals surface area contributed by atoms with Crippen molar-refractivity contribution in [3.05, 3.63) is 65.0 Å². The number of aromatic nitrogens is 4. The highest BCUT2D eigenvalue weighted by molar-refractivity contribution is 5.55. The summed E-state index contributed by atoms with van der Waals surface area (Å²) in [5, 5.41) is 11.7. The van der Waals surface area contributed by atoms with Gasteiger partial charge in [-0.25, -0.2) is 4.98 Å². The fraction of sp³-hybridized carbons (Fsp3) is 0.176. The summed E-state index contributed by atoms with van der Waals surface area (Å²) < 4.78 is 6.56. The van der Waals surface area contributed by atoms with E-state index in [0.29, 0.717) is 23.1 Å². The van der Waals surface area contributed by atoms with Crippen LogP contribution in [0.15, 0.2) is 42.9 Å². The van der Waals surface area contributed by atoms with Crippen LogP contribution in [0.3, 0.4) is 0 Å². The van der Waals surface area contributed by atoms with Crippen molar-refractivity contribution in [2.75, 3.05) is 0 Å². The lowest BCUT2D eigenvalue weighted by Gasteiger charge is -2.11. The molecular formula is C17H16N4O2. The maximum atomic E-state index is 11.7. The van der Waals surface area contributed by atoms with Gasteiger partial charge in [0, 0.05) is 42.2 Å². The van der Waals surface area contributed by atoms with Gasteiger partial charge in [0.05, 0.1) is 0 Å². The summed E-state index contributed by atoms with van der Waals surface area (Å²) in [5.74, 6) is 1.41. The highest BCUT2D eigenvalue weighted by atomic mass is 16.5. The van der Waals surface area contributed by atoms with Crippen LogP contribution in [0.2, 0.25) is 0 Å². The first-order valence-electron chi connectivity index (χ1n) is 7.18. The quantitative estimate of drug-likeness (QED) is 0.549. The molecular weight excluding hydrogens is 292 g/mol. The third kappa shape index (κ3) is 3.11. The van der Waals surface area contributed by atoms with Crippen LogP contribution in [-0.2, 0) is 0 Å². The van der Waals surface area contributed by atoms with E-state index in [-0.39, 0.29) is 0 Å². The molecule has 0 aliphatic carbocycles. The van der Waals surface area contributed by atoms with Gasteiger partial charge in [-0.05, 0) is 32.0 Å². The summed E-state index contributed by atoms with van der Waals surface area (Å²) >= 11 is 0. The zero-order valence-corrected chi connectivity index (χ0v) is 13.1. The van der Waals surface area contributed by atoms with Gasteiger partial charge in [-0.1, -0.05) is 0 Å². The number of pyridine rings is 2. The monoisotopic (exact) mass is 308 g/mol. The van der Waals surface area contributed by atoms with Gasteiger partial charge in [0.1, 0.15) is 0 Å². The molecule has 3 rings (SSSR count). The van der Waals surface area contributed by atoms with Crippen molar-refractivity contribution in [1.29, 1.82) is 0 Å². The molecule has 0 N–H and O–H groups in total. The molecule has 0 saturated carbocycles. The maximum Gasteiger partial charge on any atom is 0.226 e. The molecule has 116 valence electrons. The van der Waals surface area contributed by atoms with Gasteiger partial charge < -0.3 is 9.94 Å². The number of ether oxygens (including phenoxy) is 1. The first kappa shape index (κ1) is 14.9. The van der Waals surface area contributed by atoms with Crippen LogP contribution in [0, 0.1) is 26.0 Å². The van der Waals surface area contributed by atoms with Crippen molar-refractivity contribution < 1.29 is 9.47 Å².